The third-order valence-corrected chi connectivity index (χ3v) is 3.81. The highest BCUT2D eigenvalue weighted by atomic mass is 14.7. The first-order valence-corrected chi connectivity index (χ1v) is 6.85. The minimum absolute atomic E-state index is 0.687. The van der Waals surface area contributed by atoms with Crippen molar-refractivity contribution in [3.05, 3.63) is 72.3 Å². The van der Waals surface area contributed by atoms with E-state index in [-0.39, 0.29) is 0 Å². The maximum absolute atomic E-state index is 8.98. The number of nitrogens with zero attached hydrogens (tertiary/aromatic N) is 1. The van der Waals surface area contributed by atoms with E-state index in [0.29, 0.717) is 5.56 Å². The average Bonchev–Trinajstić information content (AvgIpc) is 2.97. The van der Waals surface area contributed by atoms with Gasteiger partial charge in [-0.2, -0.15) is 5.26 Å². The first kappa shape index (κ1) is 11.7. The van der Waals surface area contributed by atoms with Gasteiger partial charge in [0.15, 0.2) is 0 Å². The van der Waals surface area contributed by atoms with Crippen LogP contribution in [0.25, 0.3) is 32.9 Å². The number of aromatic nitrogens is 1. The van der Waals surface area contributed by atoms with Crippen LogP contribution in [0.15, 0.2) is 66.7 Å². The first-order valence-electron chi connectivity index (χ1n) is 6.85. The molecule has 0 atom stereocenters. The molecule has 0 radical (unpaired) electrons. The van der Waals surface area contributed by atoms with Gasteiger partial charge < -0.3 is 4.98 Å². The molecule has 1 aromatic heterocycles. The molecule has 1 N–H and O–H groups in total. The lowest BCUT2D eigenvalue weighted by molar-refractivity contribution is 1.45. The van der Waals surface area contributed by atoms with Crippen LogP contribution in [-0.4, -0.2) is 4.98 Å². The highest BCUT2D eigenvalue weighted by Crippen LogP contribution is 2.27. The molecule has 0 amide bonds. The molecule has 2 heteroatoms. The topological polar surface area (TPSA) is 39.6 Å². The monoisotopic (exact) mass is 268 g/mol. The predicted molar refractivity (Wildman–Crippen MR) is 86.0 cm³/mol. The summed E-state index contributed by atoms with van der Waals surface area (Å²) in [6.45, 7) is 0. The zero-order valence-electron chi connectivity index (χ0n) is 11.3. The summed E-state index contributed by atoms with van der Waals surface area (Å²) in [5, 5.41) is 12.5. The third-order valence-electron chi connectivity index (χ3n) is 3.81. The fraction of sp³-hybridized carbons (Fsp3) is 0. The number of hydrogen-bond donors (Lipinski definition) is 1. The molecule has 0 fully saturated rings. The summed E-state index contributed by atoms with van der Waals surface area (Å²) in [5.74, 6) is 0. The Morgan fingerprint density at radius 1 is 0.762 bits per heavy atom. The summed E-state index contributed by atoms with van der Waals surface area (Å²) < 4.78 is 0. The van der Waals surface area contributed by atoms with Gasteiger partial charge in [0.05, 0.1) is 11.6 Å². The predicted octanol–water partition coefficient (Wildman–Crippen LogP) is 4.86. The molecule has 0 unspecified atom stereocenters. The first-order chi connectivity index (χ1) is 10.3. The Balaban J connectivity index is 1.89. The number of rotatable bonds is 1. The van der Waals surface area contributed by atoms with Crippen molar-refractivity contribution in [2.75, 3.05) is 0 Å². The van der Waals surface area contributed by atoms with Crippen LogP contribution in [0.4, 0.5) is 0 Å². The number of hydrogen-bond acceptors (Lipinski definition) is 1. The van der Waals surface area contributed by atoms with Gasteiger partial charge in [-0.25, -0.2) is 0 Å². The lowest BCUT2D eigenvalue weighted by Gasteiger charge is -2.01. The summed E-state index contributed by atoms with van der Waals surface area (Å²) in [6, 6.07) is 24.8. The molecule has 1 heterocycles. The summed E-state index contributed by atoms with van der Waals surface area (Å²) in [7, 11) is 0. The van der Waals surface area contributed by atoms with Gasteiger partial charge in [-0.1, -0.05) is 36.4 Å². The Morgan fingerprint density at radius 3 is 2.48 bits per heavy atom. The third kappa shape index (κ3) is 1.96. The molecule has 4 rings (SSSR count). The normalized spacial score (nSPS) is 10.8. The van der Waals surface area contributed by atoms with Gasteiger partial charge in [0.1, 0.15) is 0 Å². The average molecular weight is 268 g/mol. The van der Waals surface area contributed by atoms with Crippen LogP contribution in [-0.2, 0) is 0 Å². The fourth-order valence-electron chi connectivity index (χ4n) is 2.71. The van der Waals surface area contributed by atoms with Crippen molar-refractivity contribution in [2.45, 2.75) is 0 Å². The van der Waals surface area contributed by atoms with E-state index in [4.69, 9.17) is 5.26 Å². The molecule has 3 aromatic carbocycles. The van der Waals surface area contributed by atoms with Crippen LogP contribution in [0.3, 0.4) is 0 Å². The number of nitrogens with one attached hydrogen (secondary N) is 1. The largest absolute Gasteiger partial charge is 0.355 e. The van der Waals surface area contributed by atoms with Crippen LogP contribution >= 0.6 is 0 Å². The van der Waals surface area contributed by atoms with Gasteiger partial charge in [-0.3, -0.25) is 0 Å². The summed E-state index contributed by atoms with van der Waals surface area (Å²) >= 11 is 0. The van der Waals surface area contributed by atoms with Crippen LogP contribution in [0.1, 0.15) is 5.56 Å². The molecule has 0 spiro atoms. The van der Waals surface area contributed by atoms with Crippen molar-refractivity contribution in [3.8, 4) is 17.3 Å². The van der Waals surface area contributed by atoms with Crippen molar-refractivity contribution < 1.29 is 0 Å². The minimum Gasteiger partial charge on any atom is -0.355 e. The minimum atomic E-state index is 0.687. The van der Waals surface area contributed by atoms with Gasteiger partial charge in [0.25, 0.3) is 0 Å². The molecule has 21 heavy (non-hydrogen) atoms. The Labute approximate surface area is 122 Å². The Hall–Kier alpha value is -3.05. The summed E-state index contributed by atoms with van der Waals surface area (Å²) in [6.07, 6.45) is 0. The lowest BCUT2D eigenvalue weighted by atomic mass is 10.1. The van der Waals surface area contributed by atoms with Crippen molar-refractivity contribution in [3.63, 3.8) is 0 Å². The number of aromatic amines is 1. The van der Waals surface area contributed by atoms with E-state index in [1.807, 2.05) is 24.3 Å². The lowest BCUT2D eigenvalue weighted by Crippen LogP contribution is -1.78. The Kier molecular flexibility index (Phi) is 2.52. The second-order valence-corrected chi connectivity index (χ2v) is 5.16. The number of fused-ring (bicyclic) bond motifs is 2. The standard InChI is InChI=1S/C19H12N2/c20-12-13-5-8-18-17(9-13)11-19(21-18)16-7-6-14-3-1-2-4-15(14)10-16/h1-11,21H. The molecular weight excluding hydrogens is 256 g/mol. The van der Waals surface area contributed by atoms with Crippen molar-refractivity contribution in [1.82, 2.24) is 4.98 Å². The van der Waals surface area contributed by atoms with E-state index in [0.717, 1.165) is 22.2 Å². The second-order valence-electron chi connectivity index (χ2n) is 5.16. The van der Waals surface area contributed by atoms with E-state index in [1.54, 1.807) is 0 Å². The zero-order chi connectivity index (χ0) is 14.2. The Morgan fingerprint density at radius 2 is 1.62 bits per heavy atom. The quantitative estimate of drug-likeness (QED) is 0.526. The molecule has 0 bridgehead atoms. The smallest absolute Gasteiger partial charge is 0.0991 e. The van der Waals surface area contributed by atoms with Gasteiger partial charge in [0.2, 0.25) is 0 Å². The maximum Gasteiger partial charge on any atom is 0.0991 e. The Bertz CT molecular complexity index is 1000. The molecule has 2 nitrogen and oxygen atoms in total. The van der Waals surface area contributed by atoms with Crippen molar-refractivity contribution >= 4 is 21.7 Å². The van der Waals surface area contributed by atoms with Gasteiger partial charge >= 0.3 is 0 Å². The van der Waals surface area contributed by atoms with Crippen LogP contribution in [0, 0.1) is 11.3 Å². The molecular formula is C19H12N2. The van der Waals surface area contributed by atoms with E-state index in [2.05, 4.69) is 53.5 Å². The number of H-pyrrole nitrogens is 1. The zero-order valence-corrected chi connectivity index (χ0v) is 11.3. The fourth-order valence-corrected chi connectivity index (χ4v) is 2.71. The highest BCUT2D eigenvalue weighted by Gasteiger charge is 2.05. The molecule has 0 saturated heterocycles. The molecule has 0 aliphatic carbocycles. The summed E-state index contributed by atoms with van der Waals surface area (Å²) in [4.78, 5) is 3.42. The van der Waals surface area contributed by atoms with Crippen molar-refractivity contribution in [2.24, 2.45) is 0 Å². The molecule has 0 saturated carbocycles. The van der Waals surface area contributed by atoms with E-state index >= 15 is 0 Å². The molecule has 98 valence electrons. The molecule has 4 aromatic rings. The van der Waals surface area contributed by atoms with Gasteiger partial charge in [0, 0.05) is 16.6 Å². The number of benzene rings is 3. The summed E-state index contributed by atoms with van der Waals surface area (Å²) in [5.41, 5.74) is 3.97. The number of nitriles is 1. The van der Waals surface area contributed by atoms with Crippen molar-refractivity contribution in [1.29, 1.82) is 5.26 Å². The van der Waals surface area contributed by atoms with Crippen LogP contribution in [0.5, 0.6) is 0 Å². The SMILES string of the molecule is N#Cc1ccc2[nH]c(-c3ccc4ccccc4c3)cc2c1. The van der Waals surface area contributed by atoms with E-state index in [1.165, 1.54) is 10.8 Å². The van der Waals surface area contributed by atoms with E-state index in [9.17, 15) is 0 Å². The maximum atomic E-state index is 8.98. The second kappa shape index (κ2) is 4.50. The molecule has 0 aliphatic rings. The van der Waals surface area contributed by atoms with Gasteiger partial charge in [-0.15, -0.1) is 0 Å². The highest BCUT2D eigenvalue weighted by molar-refractivity contribution is 5.91. The van der Waals surface area contributed by atoms with Gasteiger partial charge in [-0.05, 0) is 46.7 Å². The van der Waals surface area contributed by atoms with Crippen LogP contribution in [0.2, 0.25) is 0 Å². The van der Waals surface area contributed by atoms with Crippen LogP contribution < -0.4 is 0 Å². The molecule has 0 aliphatic heterocycles. The van der Waals surface area contributed by atoms with E-state index < -0.39 is 0 Å².